The summed E-state index contributed by atoms with van der Waals surface area (Å²) in [6.07, 6.45) is 9.19. The Kier molecular flexibility index (Phi) is 4.11. The van der Waals surface area contributed by atoms with Crippen molar-refractivity contribution in [3.05, 3.63) is 0 Å². The number of rotatable bonds is 2. The fourth-order valence-electron chi connectivity index (χ4n) is 2.32. The van der Waals surface area contributed by atoms with Gasteiger partial charge in [-0.3, -0.25) is 0 Å². The van der Waals surface area contributed by atoms with E-state index in [1.165, 1.54) is 38.5 Å². The van der Waals surface area contributed by atoms with Gasteiger partial charge in [0, 0.05) is 0 Å². The third-order valence-electron chi connectivity index (χ3n) is 3.79. The molecule has 0 unspecified atom stereocenters. The average molecular weight is 168 g/mol. The maximum absolute atomic E-state index is 2.48. The Balaban J connectivity index is 0.000000336. The van der Waals surface area contributed by atoms with Crippen LogP contribution in [0, 0.1) is 17.8 Å². The lowest BCUT2D eigenvalue weighted by Gasteiger charge is -2.40. The molecule has 0 nitrogen and oxygen atoms in total. The van der Waals surface area contributed by atoms with Crippen LogP contribution in [0.2, 0.25) is 0 Å². The van der Waals surface area contributed by atoms with Crippen LogP contribution in [0.1, 0.15) is 59.3 Å². The minimum Gasteiger partial charge on any atom is -0.0683 e. The topological polar surface area (TPSA) is 0 Å². The Bertz CT molecular complexity index is 95.2. The van der Waals surface area contributed by atoms with E-state index in [9.17, 15) is 0 Å². The standard InChI is InChI=1S/C10H18.C2H6/c1-8(9-4-2-5-9)10-6-3-7-10;1-2/h8-10H,2-7H2,1H3;1-2H3. The molecule has 0 aromatic carbocycles. The molecule has 0 atom stereocenters. The maximum atomic E-state index is 2.48. The van der Waals surface area contributed by atoms with Gasteiger partial charge in [-0.2, -0.15) is 0 Å². The Morgan fingerprint density at radius 3 is 1.33 bits per heavy atom. The van der Waals surface area contributed by atoms with Gasteiger partial charge in [0.05, 0.1) is 0 Å². The van der Waals surface area contributed by atoms with E-state index in [0.717, 1.165) is 17.8 Å². The van der Waals surface area contributed by atoms with Crippen molar-refractivity contribution in [1.29, 1.82) is 0 Å². The third kappa shape index (κ3) is 2.02. The third-order valence-corrected chi connectivity index (χ3v) is 3.79. The summed E-state index contributed by atoms with van der Waals surface area (Å²) >= 11 is 0. The van der Waals surface area contributed by atoms with Crippen molar-refractivity contribution in [2.24, 2.45) is 17.8 Å². The molecule has 0 saturated heterocycles. The largest absolute Gasteiger partial charge is 0.0683 e. The van der Waals surface area contributed by atoms with E-state index < -0.39 is 0 Å². The van der Waals surface area contributed by atoms with Crippen LogP contribution in [0.5, 0.6) is 0 Å². The molecule has 0 radical (unpaired) electrons. The monoisotopic (exact) mass is 168 g/mol. The van der Waals surface area contributed by atoms with Crippen LogP contribution in [-0.4, -0.2) is 0 Å². The summed E-state index contributed by atoms with van der Waals surface area (Å²) in [6.45, 7) is 6.48. The van der Waals surface area contributed by atoms with Crippen molar-refractivity contribution >= 4 is 0 Å². The van der Waals surface area contributed by atoms with Crippen LogP contribution in [0.15, 0.2) is 0 Å². The molecule has 0 heterocycles. The van der Waals surface area contributed by atoms with Gasteiger partial charge < -0.3 is 0 Å². The number of hydrogen-bond donors (Lipinski definition) is 0. The fraction of sp³-hybridized carbons (Fsp3) is 1.00. The van der Waals surface area contributed by atoms with Crippen LogP contribution in [0.3, 0.4) is 0 Å². The van der Waals surface area contributed by atoms with Crippen molar-refractivity contribution in [2.75, 3.05) is 0 Å². The average Bonchev–Trinajstić information content (AvgIpc) is 1.83. The normalized spacial score (nSPS) is 24.0. The van der Waals surface area contributed by atoms with Crippen LogP contribution < -0.4 is 0 Å². The van der Waals surface area contributed by atoms with Crippen molar-refractivity contribution in [3.63, 3.8) is 0 Å². The zero-order chi connectivity index (χ0) is 8.97. The van der Waals surface area contributed by atoms with Crippen molar-refractivity contribution in [1.82, 2.24) is 0 Å². The van der Waals surface area contributed by atoms with Crippen LogP contribution in [0.25, 0.3) is 0 Å². The van der Waals surface area contributed by atoms with Gasteiger partial charge in [0.15, 0.2) is 0 Å². The highest BCUT2D eigenvalue weighted by atomic mass is 14.4. The summed E-state index contributed by atoms with van der Waals surface area (Å²) < 4.78 is 0. The molecular weight excluding hydrogens is 144 g/mol. The predicted molar refractivity (Wildman–Crippen MR) is 55.2 cm³/mol. The Morgan fingerprint density at radius 2 is 1.17 bits per heavy atom. The minimum absolute atomic E-state index is 1.07. The maximum Gasteiger partial charge on any atom is -0.0386 e. The van der Waals surface area contributed by atoms with Gasteiger partial charge in [-0.25, -0.2) is 0 Å². The first-order valence-electron chi connectivity index (χ1n) is 5.88. The van der Waals surface area contributed by atoms with Crippen molar-refractivity contribution < 1.29 is 0 Å². The predicted octanol–water partition coefficient (Wildman–Crippen LogP) is 4.25. The van der Waals surface area contributed by atoms with Gasteiger partial charge in [-0.1, -0.05) is 59.3 Å². The first-order valence-corrected chi connectivity index (χ1v) is 5.88. The Morgan fingerprint density at radius 1 is 0.833 bits per heavy atom. The second kappa shape index (κ2) is 4.89. The van der Waals surface area contributed by atoms with E-state index >= 15 is 0 Å². The van der Waals surface area contributed by atoms with E-state index in [0.29, 0.717) is 0 Å². The number of hydrogen-bond acceptors (Lipinski definition) is 0. The molecule has 0 heteroatoms. The summed E-state index contributed by atoms with van der Waals surface area (Å²) in [7, 11) is 0. The molecular formula is C12H24. The lowest BCUT2D eigenvalue weighted by atomic mass is 9.65. The minimum atomic E-state index is 1.07. The summed E-state index contributed by atoms with van der Waals surface area (Å²) in [6, 6.07) is 0. The molecule has 2 saturated carbocycles. The lowest BCUT2D eigenvalue weighted by Crippen LogP contribution is -2.29. The highest BCUT2D eigenvalue weighted by Gasteiger charge is 2.32. The van der Waals surface area contributed by atoms with Crippen LogP contribution >= 0.6 is 0 Å². The molecule has 0 spiro atoms. The second-order valence-electron chi connectivity index (χ2n) is 4.24. The molecule has 0 aliphatic heterocycles. The fourth-order valence-corrected chi connectivity index (χ4v) is 2.32. The molecule has 2 aliphatic carbocycles. The van der Waals surface area contributed by atoms with Gasteiger partial charge in [-0.05, 0) is 17.8 Å². The first-order chi connectivity index (χ1) is 5.88. The summed E-state index contributed by atoms with van der Waals surface area (Å²) in [5.74, 6) is 3.33. The second-order valence-corrected chi connectivity index (χ2v) is 4.24. The molecule has 12 heavy (non-hydrogen) atoms. The SMILES string of the molecule is CC.CC(C1CCC1)C1CCC1. The lowest BCUT2D eigenvalue weighted by molar-refractivity contribution is 0.107. The van der Waals surface area contributed by atoms with Gasteiger partial charge in [-0.15, -0.1) is 0 Å². The molecule has 0 amide bonds. The summed E-state index contributed by atoms with van der Waals surface area (Å²) in [5.41, 5.74) is 0. The van der Waals surface area contributed by atoms with Crippen LogP contribution in [0.4, 0.5) is 0 Å². The Labute approximate surface area is 77.7 Å². The molecule has 0 aromatic heterocycles. The zero-order valence-corrected chi connectivity index (χ0v) is 8.97. The highest BCUT2D eigenvalue weighted by Crippen LogP contribution is 2.43. The highest BCUT2D eigenvalue weighted by molar-refractivity contribution is 4.83. The smallest absolute Gasteiger partial charge is 0.0386 e. The molecule has 0 aromatic rings. The first kappa shape index (κ1) is 10.1. The zero-order valence-electron chi connectivity index (χ0n) is 8.97. The van der Waals surface area contributed by atoms with Gasteiger partial charge in [0.1, 0.15) is 0 Å². The Hall–Kier alpha value is 0. The molecule has 2 fully saturated rings. The summed E-state index contributed by atoms with van der Waals surface area (Å²) in [4.78, 5) is 0. The summed E-state index contributed by atoms with van der Waals surface area (Å²) in [5, 5.41) is 0. The molecule has 0 N–H and O–H groups in total. The van der Waals surface area contributed by atoms with Gasteiger partial charge in [0.25, 0.3) is 0 Å². The van der Waals surface area contributed by atoms with Crippen molar-refractivity contribution in [3.8, 4) is 0 Å². The van der Waals surface area contributed by atoms with E-state index in [1.807, 2.05) is 13.8 Å². The van der Waals surface area contributed by atoms with Crippen molar-refractivity contribution in [2.45, 2.75) is 59.3 Å². The van der Waals surface area contributed by atoms with E-state index in [-0.39, 0.29) is 0 Å². The van der Waals surface area contributed by atoms with E-state index in [1.54, 1.807) is 0 Å². The molecule has 2 aliphatic rings. The molecule has 0 bridgehead atoms. The van der Waals surface area contributed by atoms with Gasteiger partial charge >= 0.3 is 0 Å². The quantitative estimate of drug-likeness (QED) is 0.578. The van der Waals surface area contributed by atoms with Crippen LogP contribution in [-0.2, 0) is 0 Å². The molecule has 72 valence electrons. The molecule has 2 rings (SSSR count). The van der Waals surface area contributed by atoms with Gasteiger partial charge in [0.2, 0.25) is 0 Å². The van der Waals surface area contributed by atoms with E-state index in [4.69, 9.17) is 0 Å². The van der Waals surface area contributed by atoms with E-state index in [2.05, 4.69) is 6.92 Å².